The van der Waals surface area contributed by atoms with Gasteiger partial charge in [-0.25, -0.2) is 9.37 Å². The molecule has 23 heavy (non-hydrogen) atoms. The van der Waals surface area contributed by atoms with Crippen LogP contribution in [0.3, 0.4) is 0 Å². The normalized spacial score (nSPS) is 19.1. The molecule has 1 atom stereocenters. The minimum absolute atomic E-state index is 0.162. The first-order valence-electron chi connectivity index (χ1n) is 8.78. The van der Waals surface area contributed by atoms with Gasteiger partial charge in [-0.15, -0.1) is 0 Å². The van der Waals surface area contributed by atoms with Crippen molar-refractivity contribution in [3.05, 3.63) is 53.4 Å². The van der Waals surface area contributed by atoms with Crippen molar-refractivity contribution in [2.45, 2.75) is 58.0 Å². The first-order valence-corrected chi connectivity index (χ1v) is 8.78. The van der Waals surface area contributed by atoms with Crippen molar-refractivity contribution >= 4 is 0 Å². The average molecular weight is 315 g/mol. The van der Waals surface area contributed by atoms with E-state index in [1.807, 2.05) is 18.3 Å². The van der Waals surface area contributed by atoms with Crippen molar-refractivity contribution in [1.29, 1.82) is 0 Å². The van der Waals surface area contributed by atoms with Gasteiger partial charge in [0.2, 0.25) is 0 Å². The van der Waals surface area contributed by atoms with Crippen molar-refractivity contribution in [3.63, 3.8) is 0 Å². The van der Waals surface area contributed by atoms with Crippen molar-refractivity contribution in [1.82, 2.24) is 14.9 Å². The maximum Gasteiger partial charge on any atom is 0.123 e. The van der Waals surface area contributed by atoms with Gasteiger partial charge >= 0.3 is 0 Å². The summed E-state index contributed by atoms with van der Waals surface area (Å²) >= 11 is 0. The Morgan fingerprint density at radius 2 is 2.09 bits per heavy atom. The lowest BCUT2D eigenvalue weighted by molar-refractivity contribution is 0.139. The molecular formula is C19H26FN3. The molecule has 124 valence electrons. The Bertz CT molecular complexity index is 605. The molecule has 0 saturated carbocycles. The number of unbranched alkanes of at least 4 members (excludes halogenated alkanes) is 1. The summed E-state index contributed by atoms with van der Waals surface area (Å²) in [4.78, 5) is 10.5. The number of H-pyrrole nitrogens is 1. The third-order valence-corrected chi connectivity index (χ3v) is 4.69. The zero-order valence-corrected chi connectivity index (χ0v) is 13.9. The van der Waals surface area contributed by atoms with E-state index in [0.717, 1.165) is 31.8 Å². The van der Waals surface area contributed by atoms with E-state index in [9.17, 15) is 4.39 Å². The highest BCUT2D eigenvalue weighted by Crippen LogP contribution is 2.32. The van der Waals surface area contributed by atoms with Crippen LogP contribution in [0.1, 0.15) is 62.2 Å². The number of aromatic nitrogens is 2. The number of hydrogen-bond donors (Lipinski definition) is 1. The molecule has 1 saturated heterocycles. The van der Waals surface area contributed by atoms with Crippen molar-refractivity contribution in [2.75, 3.05) is 6.54 Å². The van der Waals surface area contributed by atoms with E-state index in [0.29, 0.717) is 6.04 Å². The van der Waals surface area contributed by atoms with Gasteiger partial charge < -0.3 is 4.98 Å². The largest absolute Gasteiger partial charge is 0.345 e. The number of aryl methyl sites for hydroxylation is 1. The fourth-order valence-electron chi connectivity index (χ4n) is 3.42. The summed E-state index contributed by atoms with van der Waals surface area (Å²) < 4.78 is 13.2. The summed E-state index contributed by atoms with van der Waals surface area (Å²) in [6.45, 7) is 4.18. The van der Waals surface area contributed by atoms with E-state index < -0.39 is 0 Å². The Hall–Kier alpha value is -1.68. The van der Waals surface area contributed by atoms with Crippen molar-refractivity contribution in [2.24, 2.45) is 0 Å². The van der Waals surface area contributed by atoms with Gasteiger partial charge in [-0.05, 0) is 43.5 Å². The molecule has 0 radical (unpaired) electrons. The number of imidazole rings is 1. The summed E-state index contributed by atoms with van der Waals surface area (Å²) in [5.41, 5.74) is 2.40. The van der Waals surface area contributed by atoms with Crippen LogP contribution in [0.2, 0.25) is 0 Å². The number of rotatable bonds is 6. The lowest BCUT2D eigenvalue weighted by Crippen LogP contribution is -2.33. The quantitative estimate of drug-likeness (QED) is 0.843. The van der Waals surface area contributed by atoms with Crippen LogP contribution in [0, 0.1) is 5.82 Å². The number of hydrogen-bond acceptors (Lipinski definition) is 2. The molecule has 2 heterocycles. The Morgan fingerprint density at radius 3 is 2.87 bits per heavy atom. The molecule has 3 nitrogen and oxygen atoms in total. The van der Waals surface area contributed by atoms with E-state index in [1.54, 1.807) is 12.1 Å². The summed E-state index contributed by atoms with van der Waals surface area (Å²) in [5, 5.41) is 0. The second-order valence-corrected chi connectivity index (χ2v) is 6.49. The van der Waals surface area contributed by atoms with Crippen LogP contribution in [0.15, 0.2) is 30.5 Å². The smallest absolute Gasteiger partial charge is 0.123 e. The molecule has 1 unspecified atom stereocenters. The van der Waals surface area contributed by atoms with Crippen LogP contribution in [-0.2, 0) is 13.0 Å². The molecule has 1 N–H and O–H groups in total. The zero-order valence-electron chi connectivity index (χ0n) is 13.9. The minimum atomic E-state index is -0.162. The molecule has 0 bridgehead atoms. The molecule has 1 aromatic heterocycles. The molecule has 4 heteroatoms. The van der Waals surface area contributed by atoms with Crippen LogP contribution in [0.25, 0.3) is 0 Å². The maximum atomic E-state index is 13.2. The molecule has 0 amide bonds. The second-order valence-electron chi connectivity index (χ2n) is 6.49. The predicted octanol–water partition coefficient (Wildman–Crippen LogP) is 4.62. The van der Waals surface area contributed by atoms with E-state index in [1.165, 1.54) is 36.9 Å². The number of nitrogens with zero attached hydrogens (tertiary/aromatic N) is 2. The van der Waals surface area contributed by atoms with Gasteiger partial charge in [-0.3, -0.25) is 4.90 Å². The van der Waals surface area contributed by atoms with Crippen molar-refractivity contribution in [3.8, 4) is 0 Å². The van der Waals surface area contributed by atoms with Crippen LogP contribution in [0.4, 0.5) is 4.39 Å². The van der Waals surface area contributed by atoms with Crippen LogP contribution in [-0.4, -0.2) is 21.4 Å². The number of nitrogens with one attached hydrogen (secondary N) is 1. The first kappa shape index (κ1) is 16.2. The summed E-state index contributed by atoms with van der Waals surface area (Å²) in [6, 6.07) is 7.38. The summed E-state index contributed by atoms with van der Waals surface area (Å²) in [5.74, 6) is 0.933. The second kappa shape index (κ2) is 7.73. The average Bonchev–Trinajstić information content (AvgIpc) is 3.02. The molecule has 0 aliphatic carbocycles. The fourth-order valence-corrected chi connectivity index (χ4v) is 3.42. The highest BCUT2D eigenvalue weighted by atomic mass is 19.1. The SMILES string of the molecule is CCCCc1ncc(CN2CCCCC2c2ccc(F)cc2)[nH]1. The highest BCUT2D eigenvalue weighted by molar-refractivity contribution is 5.21. The van der Waals surface area contributed by atoms with Crippen LogP contribution < -0.4 is 0 Å². The zero-order chi connectivity index (χ0) is 16.1. The molecule has 1 aliphatic rings. The molecule has 1 fully saturated rings. The molecular weight excluding hydrogens is 289 g/mol. The van der Waals surface area contributed by atoms with Gasteiger partial charge in [0, 0.05) is 30.9 Å². The van der Waals surface area contributed by atoms with Gasteiger partial charge in [-0.1, -0.05) is 31.9 Å². The Morgan fingerprint density at radius 1 is 1.26 bits per heavy atom. The van der Waals surface area contributed by atoms with Gasteiger partial charge in [0.25, 0.3) is 0 Å². The Labute approximate surface area is 137 Å². The number of likely N-dealkylation sites (tertiary alicyclic amines) is 1. The lowest BCUT2D eigenvalue weighted by Gasteiger charge is -2.35. The monoisotopic (exact) mass is 315 g/mol. The molecule has 0 spiro atoms. The number of aromatic amines is 1. The lowest BCUT2D eigenvalue weighted by atomic mass is 9.95. The standard InChI is InChI=1S/C19H26FN3/c1-2-3-7-19-21-13-17(22-19)14-23-12-5-4-6-18(23)15-8-10-16(20)11-9-15/h8-11,13,18H,2-7,12,14H2,1H3,(H,21,22). The van der Waals surface area contributed by atoms with E-state index in [-0.39, 0.29) is 5.82 Å². The summed E-state index contributed by atoms with van der Waals surface area (Å²) in [6.07, 6.45) is 8.98. The van der Waals surface area contributed by atoms with Gasteiger partial charge in [-0.2, -0.15) is 0 Å². The highest BCUT2D eigenvalue weighted by Gasteiger charge is 2.24. The molecule has 1 aliphatic heterocycles. The topological polar surface area (TPSA) is 31.9 Å². The van der Waals surface area contributed by atoms with Crippen LogP contribution >= 0.6 is 0 Å². The van der Waals surface area contributed by atoms with Gasteiger partial charge in [0.1, 0.15) is 11.6 Å². The maximum absolute atomic E-state index is 13.2. The molecule has 3 rings (SSSR count). The van der Waals surface area contributed by atoms with E-state index in [4.69, 9.17) is 0 Å². The molecule has 2 aromatic rings. The van der Waals surface area contributed by atoms with Crippen molar-refractivity contribution < 1.29 is 4.39 Å². The number of halogens is 1. The minimum Gasteiger partial charge on any atom is -0.345 e. The van der Waals surface area contributed by atoms with E-state index >= 15 is 0 Å². The first-order chi connectivity index (χ1) is 11.3. The summed E-state index contributed by atoms with van der Waals surface area (Å²) in [7, 11) is 0. The third kappa shape index (κ3) is 4.20. The van der Waals surface area contributed by atoms with Gasteiger partial charge in [0.15, 0.2) is 0 Å². The fraction of sp³-hybridized carbons (Fsp3) is 0.526. The van der Waals surface area contributed by atoms with Crippen LogP contribution in [0.5, 0.6) is 0 Å². The Kier molecular flexibility index (Phi) is 5.44. The van der Waals surface area contributed by atoms with Gasteiger partial charge in [0.05, 0.1) is 0 Å². The molecule has 1 aromatic carbocycles. The number of piperidine rings is 1. The predicted molar refractivity (Wildman–Crippen MR) is 90.6 cm³/mol. The number of benzene rings is 1. The Balaban J connectivity index is 1.69. The third-order valence-electron chi connectivity index (χ3n) is 4.69. The van der Waals surface area contributed by atoms with E-state index in [2.05, 4.69) is 21.8 Å².